The summed E-state index contributed by atoms with van der Waals surface area (Å²) >= 11 is 3.56. The first kappa shape index (κ1) is 12.3. The van der Waals surface area contributed by atoms with Gasteiger partial charge < -0.3 is 5.11 Å². The molecule has 0 amide bonds. The molecule has 3 aromatic rings. The monoisotopic (exact) mass is 317 g/mol. The van der Waals surface area contributed by atoms with Crippen LogP contribution in [0.15, 0.2) is 47.1 Å². The zero-order chi connectivity index (χ0) is 13.2. The highest BCUT2D eigenvalue weighted by molar-refractivity contribution is 9.10. The number of nitrogens with zero attached hydrogens (tertiary/aromatic N) is 3. The van der Waals surface area contributed by atoms with Gasteiger partial charge in [-0.1, -0.05) is 45.4 Å². The molecule has 0 aliphatic carbocycles. The van der Waals surface area contributed by atoms with E-state index in [4.69, 9.17) is 5.11 Å². The molecule has 0 aliphatic heterocycles. The molecule has 0 spiro atoms. The Hall–Kier alpha value is -1.72. The van der Waals surface area contributed by atoms with Crippen molar-refractivity contribution in [1.82, 2.24) is 15.0 Å². The number of aromatic nitrogens is 3. The fraction of sp³-hybridized carbons (Fsp3) is 0.143. The van der Waals surface area contributed by atoms with Crippen molar-refractivity contribution < 1.29 is 5.11 Å². The highest BCUT2D eigenvalue weighted by Crippen LogP contribution is 2.28. The van der Waals surface area contributed by atoms with Gasteiger partial charge in [0.25, 0.3) is 0 Å². The molecule has 96 valence electrons. The molecular formula is C14H12BrN3O. The van der Waals surface area contributed by atoms with E-state index < -0.39 is 0 Å². The molecule has 2 aromatic carbocycles. The zero-order valence-corrected chi connectivity index (χ0v) is 11.7. The van der Waals surface area contributed by atoms with E-state index in [1.807, 2.05) is 30.5 Å². The van der Waals surface area contributed by atoms with Crippen LogP contribution in [0.2, 0.25) is 0 Å². The van der Waals surface area contributed by atoms with Crippen LogP contribution in [0.4, 0.5) is 0 Å². The fourth-order valence-corrected chi connectivity index (χ4v) is 2.57. The maximum Gasteiger partial charge on any atom is 0.0854 e. The first-order chi connectivity index (χ1) is 9.29. The van der Waals surface area contributed by atoms with Gasteiger partial charge in [-0.05, 0) is 17.5 Å². The minimum Gasteiger partial charge on any atom is -0.396 e. The Labute approximate surface area is 118 Å². The molecule has 0 bridgehead atoms. The molecule has 0 radical (unpaired) electrons. The second kappa shape index (κ2) is 5.11. The van der Waals surface area contributed by atoms with Crippen molar-refractivity contribution in [3.8, 4) is 5.69 Å². The summed E-state index contributed by atoms with van der Waals surface area (Å²) in [5.74, 6) is 0. The zero-order valence-electron chi connectivity index (χ0n) is 10.1. The maximum absolute atomic E-state index is 8.92. The van der Waals surface area contributed by atoms with Crippen molar-refractivity contribution in [3.63, 3.8) is 0 Å². The van der Waals surface area contributed by atoms with Crippen LogP contribution in [0.5, 0.6) is 0 Å². The van der Waals surface area contributed by atoms with E-state index in [2.05, 4.69) is 38.4 Å². The van der Waals surface area contributed by atoms with Gasteiger partial charge in [0, 0.05) is 22.9 Å². The number of hydrogen-bond donors (Lipinski definition) is 1. The van der Waals surface area contributed by atoms with Crippen molar-refractivity contribution >= 4 is 26.7 Å². The van der Waals surface area contributed by atoms with Crippen LogP contribution in [0.3, 0.4) is 0 Å². The van der Waals surface area contributed by atoms with Gasteiger partial charge in [-0.15, -0.1) is 5.10 Å². The second-order valence-electron chi connectivity index (χ2n) is 4.24. The van der Waals surface area contributed by atoms with E-state index in [0.717, 1.165) is 26.6 Å². The number of aliphatic hydroxyl groups excluding tert-OH is 1. The minimum atomic E-state index is 0.0831. The van der Waals surface area contributed by atoms with Gasteiger partial charge in [0.2, 0.25) is 0 Å². The number of rotatable bonds is 3. The van der Waals surface area contributed by atoms with E-state index in [-0.39, 0.29) is 6.61 Å². The number of benzene rings is 2. The van der Waals surface area contributed by atoms with Crippen LogP contribution in [-0.4, -0.2) is 26.7 Å². The summed E-state index contributed by atoms with van der Waals surface area (Å²) in [6.07, 6.45) is 2.38. The summed E-state index contributed by atoms with van der Waals surface area (Å²) in [4.78, 5) is 0. The SMILES string of the molecule is OCCc1cn(-c2ccc(Br)c3ccccc23)nn1. The van der Waals surface area contributed by atoms with Crippen LogP contribution >= 0.6 is 15.9 Å². The Bertz CT molecular complexity index is 724. The van der Waals surface area contributed by atoms with Crippen molar-refractivity contribution in [3.05, 3.63) is 52.8 Å². The van der Waals surface area contributed by atoms with Crippen molar-refractivity contribution in [2.75, 3.05) is 6.61 Å². The average Bonchev–Trinajstić information content (AvgIpc) is 2.88. The lowest BCUT2D eigenvalue weighted by Gasteiger charge is -2.07. The molecular weight excluding hydrogens is 306 g/mol. The highest BCUT2D eigenvalue weighted by Gasteiger charge is 2.08. The Morgan fingerprint density at radius 1 is 1.11 bits per heavy atom. The number of aliphatic hydroxyl groups is 1. The van der Waals surface area contributed by atoms with Crippen LogP contribution < -0.4 is 0 Å². The molecule has 1 N–H and O–H groups in total. The van der Waals surface area contributed by atoms with E-state index in [1.165, 1.54) is 0 Å². The minimum absolute atomic E-state index is 0.0831. The Kier molecular flexibility index (Phi) is 3.31. The largest absolute Gasteiger partial charge is 0.396 e. The van der Waals surface area contributed by atoms with Crippen molar-refractivity contribution in [2.24, 2.45) is 0 Å². The summed E-state index contributed by atoms with van der Waals surface area (Å²) < 4.78 is 2.81. The number of fused-ring (bicyclic) bond motifs is 1. The molecule has 0 saturated carbocycles. The van der Waals surface area contributed by atoms with Gasteiger partial charge in [-0.3, -0.25) is 0 Å². The third-order valence-electron chi connectivity index (χ3n) is 3.00. The molecule has 5 heteroatoms. The summed E-state index contributed by atoms with van der Waals surface area (Å²) in [7, 11) is 0. The fourth-order valence-electron chi connectivity index (χ4n) is 2.09. The molecule has 19 heavy (non-hydrogen) atoms. The molecule has 1 aromatic heterocycles. The van der Waals surface area contributed by atoms with Gasteiger partial charge in [0.15, 0.2) is 0 Å². The van der Waals surface area contributed by atoms with E-state index in [9.17, 15) is 0 Å². The van der Waals surface area contributed by atoms with Gasteiger partial charge in [0.05, 0.1) is 17.6 Å². The lowest BCUT2D eigenvalue weighted by atomic mass is 10.1. The topological polar surface area (TPSA) is 50.9 Å². The predicted octanol–water partition coefficient (Wildman–Crippen LogP) is 2.72. The Morgan fingerprint density at radius 3 is 2.68 bits per heavy atom. The first-order valence-electron chi connectivity index (χ1n) is 5.99. The Morgan fingerprint density at radius 2 is 1.89 bits per heavy atom. The first-order valence-corrected chi connectivity index (χ1v) is 6.78. The third-order valence-corrected chi connectivity index (χ3v) is 3.69. The van der Waals surface area contributed by atoms with Crippen molar-refractivity contribution in [1.29, 1.82) is 0 Å². The quantitative estimate of drug-likeness (QED) is 0.808. The number of halogens is 1. The van der Waals surface area contributed by atoms with Gasteiger partial charge >= 0.3 is 0 Å². The van der Waals surface area contributed by atoms with Crippen LogP contribution in [0, 0.1) is 0 Å². The van der Waals surface area contributed by atoms with E-state index in [1.54, 1.807) is 4.68 Å². The molecule has 0 unspecified atom stereocenters. The van der Waals surface area contributed by atoms with Gasteiger partial charge in [-0.2, -0.15) is 0 Å². The molecule has 0 fully saturated rings. The van der Waals surface area contributed by atoms with E-state index in [0.29, 0.717) is 6.42 Å². The summed E-state index contributed by atoms with van der Waals surface area (Å²) in [5.41, 5.74) is 1.77. The van der Waals surface area contributed by atoms with Crippen LogP contribution in [0.1, 0.15) is 5.69 Å². The standard InChI is InChI=1S/C14H12BrN3O/c15-13-5-6-14(12-4-2-1-3-11(12)13)18-9-10(7-8-19)16-17-18/h1-6,9,19H,7-8H2. The maximum atomic E-state index is 8.92. The van der Waals surface area contributed by atoms with Crippen LogP contribution in [-0.2, 0) is 6.42 Å². The van der Waals surface area contributed by atoms with Gasteiger partial charge in [0.1, 0.15) is 0 Å². The Balaban J connectivity index is 2.16. The lowest BCUT2D eigenvalue weighted by molar-refractivity contribution is 0.298. The summed E-state index contributed by atoms with van der Waals surface area (Å²) in [6, 6.07) is 12.1. The highest BCUT2D eigenvalue weighted by atomic mass is 79.9. The lowest BCUT2D eigenvalue weighted by Crippen LogP contribution is -1.96. The van der Waals surface area contributed by atoms with Crippen molar-refractivity contribution in [2.45, 2.75) is 6.42 Å². The molecule has 3 rings (SSSR count). The molecule has 0 atom stereocenters. The average molecular weight is 318 g/mol. The molecule has 4 nitrogen and oxygen atoms in total. The van der Waals surface area contributed by atoms with E-state index >= 15 is 0 Å². The predicted molar refractivity (Wildman–Crippen MR) is 77.4 cm³/mol. The number of hydrogen-bond acceptors (Lipinski definition) is 3. The normalized spacial score (nSPS) is 11.1. The third kappa shape index (κ3) is 2.27. The van der Waals surface area contributed by atoms with Crippen LogP contribution in [0.25, 0.3) is 16.5 Å². The molecule has 0 saturated heterocycles. The second-order valence-corrected chi connectivity index (χ2v) is 5.09. The van der Waals surface area contributed by atoms with Gasteiger partial charge in [-0.25, -0.2) is 4.68 Å². The summed E-state index contributed by atoms with van der Waals surface area (Å²) in [6.45, 7) is 0.0831. The summed E-state index contributed by atoms with van der Waals surface area (Å²) in [5, 5.41) is 19.3. The molecule has 1 heterocycles. The smallest absolute Gasteiger partial charge is 0.0854 e. The molecule has 0 aliphatic rings.